The predicted octanol–water partition coefficient (Wildman–Crippen LogP) is 2.59. The lowest BCUT2D eigenvalue weighted by Gasteiger charge is -2.36. The third-order valence-electron chi connectivity index (χ3n) is 2.75. The van der Waals surface area contributed by atoms with Crippen molar-refractivity contribution >= 4 is 0 Å². The Morgan fingerprint density at radius 1 is 1.50 bits per heavy atom. The van der Waals surface area contributed by atoms with Crippen LogP contribution in [-0.2, 0) is 0 Å². The van der Waals surface area contributed by atoms with E-state index in [9.17, 15) is 0 Å². The highest BCUT2D eigenvalue weighted by molar-refractivity contribution is 5.03. The van der Waals surface area contributed by atoms with Gasteiger partial charge in [-0.1, -0.05) is 26.0 Å². The van der Waals surface area contributed by atoms with Crippen molar-refractivity contribution in [3.8, 4) is 0 Å². The van der Waals surface area contributed by atoms with Gasteiger partial charge in [0.25, 0.3) is 0 Å². The van der Waals surface area contributed by atoms with E-state index in [0.717, 1.165) is 11.8 Å². The first kappa shape index (κ1) is 9.79. The van der Waals surface area contributed by atoms with Gasteiger partial charge in [-0.3, -0.25) is 0 Å². The van der Waals surface area contributed by atoms with Gasteiger partial charge in [-0.25, -0.2) is 0 Å². The van der Waals surface area contributed by atoms with E-state index in [1.54, 1.807) is 0 Å². The third-order valence-corrected chi connectivity index (χ3v) is 2.75. The minimum absolute atomic E-state index is 0.633. The van der Waals surface area contributed by atoms with Gasteiger partial charge in [-0.15, -0.1) is 0 Å². The van der Waals surface area contributed by atoms with Gasteiger partial charge in [-0.05, 0) is 38.1 Å². The molecule has 0 heterocycles. The number of nitrogens with one attached hydrogen (secondary N) is 1. The Morgan fingerprint density at radius 3 is 2.50 bits per heavy atom. The average molecular weight is 167 g/mol. The molecule has 1 nitrogen and oxygen atoms in total. The Kier molecular flexibility index (Phi) is 3.33. The number of hydrogen-bond donors (Lipinski definition) is 1. The highest BCUT2D eigenvalue weighted by atomic mass is 14.9. The van der Waals surface area contributed by atoms with E-state index in [-0.39, 0.29) is 0 Å². The lowest BCUT2D eigenvalue weighted by atomic mass is 9.72. The Morgan fingerprint density at radius 2 is 2.08 bits per heavy atom. The van der Waals surface area contributed by atoms with Crippen molar-refractivity contribution in [1.82, 2.24) is 5.32 Å². The van der Waals surface area contributed by atoms with Crippen LogP contribution in [0, 0.1) is 11.8 Å². The molecule has 0 radical (unpaired) electrons. The minimum Gasteiger partial charge on any atom is -0.314 e. The largest absolute Gasteiger partial charge is 0.314 e. The summed E-state index contributed by atoms with van der Waals surface area (Å²) < 4.78 is 0. The van der Waals surface area contributed by atoms with Crippen molar-refractivity contribution in [2.45, 2.75) is 39.7 Å². The van der Waals surface area contributed by atoms with Crippen LogP contribution >= 0.6 is 0 Å². The fraction of sp³-hybridized carbons (Fsp3) is 0.818. The Hall–Kier alpha value is -0.300. The van der Waals surface area contributed by atoms with Crippen molar-refractivity contribution in [3.63, 3.8) is 0 Å². The van der Waals surface area contributed by atoms with Crippen molar-refractivity contribution in [2.75, 3.05) is 6.54 Å². The van der Waals surface area contributed by atoms with E-state index >= 15 is 0 Å². The standard InChI is InChI=1S/C11H21N/c1-8(2)11-5-10(6-11)7-12-9(3)4/h9-12H,1,5-7H2,2-4H3. The molecule has 0 unspecified atom stereocenters. The number of allylic oxidation sites excluding steroid dienone is 1. The smallest absolute Gasteiger partial charge is 0.00104 e. The van der Waals surface area contributed by atoms with Crippen LogP contribution in [0.4, 0.5) is 0 Å². The molecule has 0 amide bonds. The summed E-state index contributed by atoms with van der Waals surface area (Å²) in [5.41, 5.74) is 1.37. The quantitative estimate of drug-likeness (QED) is 0.635. The molecular weight excluding hydrogens is 146 g/mol. The van der Waals surface area contributed by atoms with Crippen LogP contribution in [0.3, 0.4) is 0 Å². The zero-order valence-corrected chi connectivity index (χ0v) is 8.56. The van der Waals surface area contributed by atoms with Crippen molar-refractivity contribution in [3.05, 3.63) is 12.2 Å². The molecule has 1 heteroatoms. The Bertz CT molecular complexity index is 154. The fourth-order valence-electron chi connectivity index (χ4n) is 1.71. The molecule has 0 aromatic rings. The average Bonchev–Trinajstić information content (AvgIpc) is 1.82. The van der Waals surface area contributed by atoms with Crippen LogP contribution in [-0.4, -0.2) is 12.6 Å². The summed E-state index contributed by atoms with van der Waals surface area (Å²) >= 11 is 0. The second-order valence-electron chi connectivity index (χ2n) is 4.44. The van der Waals surface area contributed by atoms with E-state index in [2.05, 4.69) is 32.7 Å². The molecule has 0 saturated heterocycles. The maximum absolute atomic E-state index is 3.99. The van der Waals surface area contributed by atoms with E-state index in [1.165, 1.54) is 25.0 Å². The molecule has 0 aliphatic heterocycles. The van der Waals surface area contributed by atoms with Crippen molar-refractivity contribution in [1.29, 1.82) is 0 Å². The molecular formula is C11H21N. The summed E-state index contributed by atoms with van der Waals surface area (Å²) in [5.74, 6) is 1.73. The Labute approximate surface area is 76.2 Å². The lowest BCUT2D eigenvalue weighted by molar-refractivity contribution is 0.217. The zero-order valence-electron chi connectivity index (χ0n) is 8.56. The summed E-state index contributed by atoms with van der Waals surface area (Å²) in [5, 5.41) is 3.48. The van der Waals surface area contributed by atoms with Gasteiger partial charge in [0.05, 0.1) is 0 Å². The van der Waals surface area contributed by atoms with E-state index in [1.807, 2.05) is 0 Å². The monoisotopic (exact) mass is 167 g/mol. The summed E-state index contributed by atoms with van der Waals surface area (Å²) in [7, 11) is 0. The molecule has 0 aromatic heterocycles. The molecule has 1 aliphatic rings. The van der Waals surface area contributed by atoms with Gasteiger partial charge in [0, 0.05) is 6.04 Å². The Balaban J connectivity index is 2.06. The SMILES string of the molecule is C=C(C)C1CC(CNC(C)C)C1. The van der Waals surface area contributed by atoms with Crippen LogP contribution in [0.2, 0.25) is 0 Å². The molecule has 0 aromatic carbocycles. The van der Waals surface area contributed by atoms with Crippen LogP contribution < -0.4 is 5.32 Å². The normalized spacial score (nSPS) is 28.7. The third kappa shape index (κ3) is 2.63. The summed E-state index contributed by atoms with van der Waals surface area (Å²) in [6, 6.07) is 0.633. The van der Waals surface area contributed by atoms with E-state index in [0.29, 0.717) is 6.04 Å². The summed E-state index contributed by atoms with van der Waals surface area (Å²) in [4.78, 5) is 0. The van der Waals surface area contributed by atoms with Gasteiger partial charge in [0.2, 0.25) is 0 Å². The molecule has 1 aliphatic carbocycles. The molecule has 0 atom stereocenters. The molecule has 12 heavy (non-hydrogen) atoms. The molecule has 1 N–H and O–H groups in total. The highest BCUT2D eigenvalue weighted by Gasteiger charge is 2.28. The number of rotatable bonds is 4. The van der Waals surface area contributed by atoms with Crippen molar-refractivity contribution < 1.29 is 0 Å². The van der Waals surface area contributed by atoms with Crippen molar-refractivity contribution in [2.24, 2.45) is 11.8 Å². The van der Waals surface area contributed by atoms with Gasteiger partial charge in [-0.2, -0.15) is 0 Å². The van der Waals surface area contributed by atoms with Gasteiger partial charge < -0.3 is 5.32 Å². The maximum Gasteiger partial charge on any atom is 0.00104 e. The molecule has 70 valence electrons. The van der Waals surface area contributed by atoms with Crippen LogP contribution in [0.5, 0.6) is 0 Å². The second-order valence-corrected chi connectivity index (χ2v) is 4.44. The van der Waals surface area contributed by atoms with Crippen LogP contribution in [0.25, 0.3) is 0 Å². The first-order valence-corrected chi connectivity index (χ1v) is 4.98. The highest BCUT2D eigenvalue weighted by Crippen LogP contribution is 2.37. The first-order chi connectivity index (χ1) is 5.59. The molecule has 0 spiro atoms. The minimum atomic E-state index is 0.633. The second kappa shape index (κ2) is 4.08. The maximum atomic E-state index is 3.99. The fourth-order valence-corrected chi connectivity index (χ4v) is 1.71. The summed E-state index contributed by atoms with van der Waals surface area (Å²) in [6.07, 6.45) is 2.71. The lowest BCUT2D eigenvalue weighted by Crippen LogP contribution is -2.36. The zero-order chi connectivity index (χ0) is 9.14. The first-order valence-electron chi connectivity index (χ1n) is 4.98. The van der Waals surface area contributed by atoms with Crippen LogP contribution in [0.1, 0.15) is 33.6 Å². The van der Waals surface area contributed by atoms with Crippen LogP contribution in [0.15, 0.2) is 12.2 Å². The van der Waals surface area contributed by atoms with E-state index < -0.39 is 0 Å². The molecule has 1 rings (SSSR count). The summed E-state index contributed by atoms with van der Waals surface area (Å²) in [6.45, 7) is 11.7. The molecule has 1 fully saturated rings. The number of hydrogen-bond acceptors (Lipinski definition) is 1. The van der Waals surface area contributed by atoms with Gasteiger partial charge in [0.1, 0.15) is 0 Å². The molecule has 0 bridgehead atoms. The van der Waals surface area contributed by atoms with Gasteiger partial charge in [0.15, 0.2) is 0 Å². The predicted molar refractivity (Wildman–Crippen MR) is 54.2 cm³/mol. The van der Waals surface area contributed by atoms with E-state index in [4.69, 9.17) is 0 Å². The van der Waals surface area contributed by atoms with Gasteiger partial charge >= 0.3 is 0 Å². The topological polar surface area (TPSA) is 12.0 Å². The molecule has 1 saturated carbocycles.